The van der Waals surface area contributed by atoms with Gasteiger partial charge in [-0.05, 0) is 48.3 Å². The zero-order valence-electron chi connectivity index (χ0n) is 9.85. The molecule has 1 aliphatic carbocycles. The van der Waals surface area contributed by atoms with Gasteiger partial charge in [0.2, 0.25) is 0 Å². The Hall–Kier alpha value is -1.31. The summed E-state index contributed by atoms with van der Waals surface area (Å²) in [6.45, 7) is 0. The van der Waals surface area contributed by atoms with E-state index in [2.05, 4.69) is 22.5 Å². The summed E-state index contributed by atoms with van der Waals surface area (Å²) >= 11 is 6.99. The largest absolute Gasteiger partial charge is 0.244 e. The van der Waals surface area contributed by atoms with Gasteiger partial charge in [-0.15, -0.1) is 11.3 Å². The van der Waals surface area contributed by atoms with E-state index in [0.717, 1.165) is 24.1 Å². The molecule has 1 saturated carbocycles. The molecule has 1 atom stereocenters. The van der Waals surface area contributed by atoms with E-state index in [1.165, 1.54) is 23.3 Å². The Morgan fingerprint density at radius 2 is 2.22 bits per heavy atom. The number of fused-ring (bicyclic) bond motifs is 1. The third kappa shape index (κ3) is 1.84. The molecule has 1 fully saturated rings. The lowest BCUT2D eigenvalue weighted by atomic mass is 9.81. The monoisotopic (exact) mass is 272 g/mol. The van der Waals surface area contributed by atoms with Gasteiger partial charge < -0.3 is 0 Å². The number of hydrogen-bond donors (Lipinski definition) is 0. The van der Waals surface area contributed by atoms with Gasteiger partial charge in [0.05, 0.1) is 6.07 Å². The van der Waals surface area contributed by atoms with Gasteiger partial charge in [0.25, 0.3) is 0 Å². The molecule has 1 aromatic heterocycles. The van der Waals surface area contributed by atoms with Crippen molar-refractivity contribution in [2.45, 2.75) is 25.7 Å². The highest BCUT2D eigenvalue weighted by atomic mass is 32.1. The number of dihydropyridines is 1. The second-order valence-electron chi connectivity index (χ2n) is 4.54. The lowest BCUT2D eigenvalue weighted by Crippen LogP contribution is -2.24. The van der Waals surface area contributed by atoms with Crippen LogP contribution in [0.2, 0.25) is 0 Å². The Morgan fingerprint density at radius 1 is 1.39 bits per heavy atom. The van der Waals surface area contributed by atoms with Crippen molar-refractivity contribution in [2.24, 2.45) is 10.9 Å². The topological polar surface area (TPSA) is 36.1 Å². The van der Waals surface area contributed by atoms with Crippen molar-refractivity contribution in [2.75, 3.05) is 0 Å². The normalized spacial score (nSPS) is 23.4. The van der Waals surface area contributed by atoms with Crippen molar-refractivity contribution in [3.63, 3.8) is 0 Å². The van der Waals surface area contributed by atoms with Crippen molar-refractivity contribution in [3.05, 3.63) is 28.0 Å². The van der Waals surface area contributed by atoms with E-state index in [9.17, 15) is 5.26 Å². The lowest BCUT2D eigenvalue weighted by Gasteiger charge is -2.27. The molecule has 0 bridgehead atoms. The molecular weight excluding hydrogens is 260 g/mol. The van der Waals surface area contributed by atoms with Gasteiger partial charge in [-0.25, -0.2) is 4.99 Å². The Morgan fingerprint density at radius 3 is 2.94 bits per heavy atom. The zero-order valence-corrected chi connectivity index (χ0v) is 11.5. The van der Waals surface area contributed by atoms with Crippen molar-refractivity contribution in [3.8, 4) is 6.07 Å². The summed E-state index contributed by atoms with van der Waals surface area (Å²) in [6, 6.07) is 6.43. The molecule has 3 rings (SSSR count). The van der Waals surface area contributed by atoms with Crippen LogP contribution in [0.3, 0.4) is 0 Å². The average Bonchev–Trinajstić information content (AvgIpc) is 2.90. The zero-order chi connectivity index (χ0) is 12.5. The molecule has 0 saturated heterocycles. The summed E-state index contributed by atoms with van der Waals surface area (Å²) in [5.41, 5.74) is 3.53. The molecule has 90 valence electrons. The van der Waals surface area contributed by atoms with E-state index in [1.807, 2.05) is 6.07 Å². The first-order chi connectivity index (χ1) is 8.81. The molecule has 1 aliphatic heterocycles. The highest BCUT2D eigenvalue weighted by molar-refractivity contribution is 7.80. The van der Waals surface area contributed by atoms with Crippen LogP contribution in [0, 0.1) is 17.2 Å². The molecule has 0 aromatic carbocycles. The number of allylic oxidation sites excluding steroid dienone is 1. The number of nitrogens with zero attached hydrogens (tertiary/aromatic N) is 2. The first-order valence-electron chi connectivity index (χ1n) is 6.09. The summed E-state index contributed by atoms with van der Waals surface area (Å²) in [4.78, 5) is 6.21. The fraction of sp³-hybridized carbons (Fsp3) is 0.357. The van der Waals surface area contributed by atoms with E-state index < -0.39 is 0 Å². The van der Waals surface area contributed by atoms with Crippen LogP contribution in [0.1, 0.15) is 30.6 Å². The van der Waals surface area contributed by atoms with Crippen molar-refractivity contribution in [1.82, 2.24) is 0 Å². The molecule has 0 N–H and O–H groups in total. The fourth-order valence-corrected chi connectivity index (χ4v) is 3.75. The van der Waals surface area contributed by atoms with Crippen molar-refractivity contribution in [1.29, 1.82) is 5.26 Å². The molecular formula is C14H12N2S2. The van der Waals surface area contributed by atoms with E-state index in [1.54, 1.807) is 11.3 Å². The van der Waals surface area contributed by atoms with E-state index in [-0.39, 0.29) is 5.92 Å². The summed E-state index contributed by atoms with van der Waals surface area (Å²) in [5, 5.41) is 11.4. The van der Waals surface area contributed by atoms with E-state index in [0.29, 0.717) is 4.99 Å². The molecule has 1 unspecified atom stereocenters. The van der Waals surface area contributed by atoms with Crippen LogP contribution in [-0.2, 0) is 0 Å². The van der Waals surface area contributed by atoms with Crippen LogP contribution < -0.4 is 0 Å². The quantitative estimate of drug-likeness (QED) is 0.724. The van der Waals surface area contributed by atoms with Gasteiger partial charge >= 0.3 is 0 Å². The first kappa shape index (κ1) is 11.8. The van der Waals surface area contributed by atoms with Gasteiger partial charge in [-0.3, -0.25) is 0 Å². The molecule has 1 aromatic rings. The van der Waals surface area contributed by atoms with Crippen LogP contribution in [-0.4, -0.2) is 10.7 Å². The molecule has 4 heteroatoms. The van der Waals surface area contributed by atoms with Crippen molar-refractivity contribution >= 4 is 39.8 Å². The molecule has 2 heterocycles. The molecule has 0 spiro atoms. The number of aliphatic imine (C=N–C) groups is 1. The first-order valence-corrected chi connectivity index (χ1v) is 7.38. The maximum absolute atomic E-state index is 9.38. The smallest absolute Gasteiger partial charge is 0.125 e. The maximum Gasteiger partial charge on any atom is 0.125 e. The molecule has 18 heavy (non-hydrogen) atoms. The van der Waals surface area contributed by atoms with E-state index >= 15 is 0 Å². The Bertz CT molecular complexity index is 588. The SMILES string of the molecule is N#CC1C(=S)N=C2CCCCC2=C1c1cccs1. The van der Waals surface area contributed by atoms with Crippen LogP contribution >= 0.6 is 23.6 Å². The lowest BCUT2D eigenvalue weighted by molar-refractivity contribution is 0.730. The van der Waals surface area contributed by atoms with Gasteiger partial charge in [-0.2, -0.15) is 5.26 Å². The predicted molar refractivity (Wildman–Crippen MR) is 78.8 cm³/mol. The highest BCUT2D eigenvalue weighted by Gasteiger charge is 2.31. The minimum atomic E-state index is -0.337. The van der Waals surface area contributed by atoms with Crippen molar-refractivity contribution < 1.29 is 0 Å². The number of thiocarbonyl (C=S) groups is 1. The molecule has 2 nitrogen and oxygen atoms in total. The van der Waals surface area contributed by atoms with Crippen LogP contribution in [0.4, 0.5) is 0 Å². The molecule has 2 aliphatic rings. The number of rotatable bonds is 1. The predicted octanol–water partition coefficient (Wildman–Crippen LogP) is 4.00. The summed E-state index contributed by atoms with van der Waals surface area (Å²) < 4.78 is 0. The number of nitriles is 1. The van der Waals surface area contributed by atoms with Gasteiger partial charge in [0.1, 0.15) is 10.9 Å². The minimum Gasteiger partial charge on any atom is -0.244 e. The number of hydrogen-bond acceptors (Lipinski definition) is 3. The van der Waals surface area contributed by atoms with Gasteiger partial charge in [0, 0.05) is 10.6 Å². The fourth-order valence-electron chi connectivity index (χ4n) is 2.64. The second kappa shape index (κ2) is 4.75. The molecule has 0 radical (unpaired) electrons. The summed E-state index contributed by atoms with van der Waals surface area (Å²) in [7, 11) is 0. The van der Waals surface area contributed by atoms with Crippen LogP contribution in [0.15, 0.2) is 28.1 Å². The second-order valence-corrected chi connectivity index (χ2v) is 5.90. The Kier molecular flexibility index (Phi) is 3.11. The highest BCUT2D eigenvalue weighted by Crippen LogP contribution is 2.39. The van der Waals surface area contributed by atoms with Crippen LogP contribution in [0.25, 0.3) is 5.57 Å². The third-order valence-corrected chi connectivity index (χ3v) is 4.69. The average molecular weight is 272 g/mol. The standard InChI is InChI=1S/C14H12N2S2/c15-8-10-13(12-6-3-7-18-12)9-4-1-2-5-11(9)16-14(10)17/h3,6-7,10H,1-2,4-5H2. The molecule has 0 amide bonds. The minimum absolute atomic E-state index is 0.337. The van der Waals surface area contributed by atoms with E-state index in [4.69, 9.17) is 12.2 Å². The number of thiophene rings is 1. The maximum atomic E-state index is 9.38. The Labute approximate surface area is 116 Å². The van der Waals surface area contributed by atoms with Gasteiger partial charge in [0.15, 0.2) is 0 Å². The van der Waals surface area contributed by atoms with Crippen LogP contribution in [0.5, 0.6) is 0 Å². The Balaban J connectivity index is 2.19. The third-order valence-electron chi connectivity index (χ3n) is 3.46. The summed E-state index contributed by atoms with van der Waals surface area (Å²) in [6.07, 6.45) is 4.41. The van der Waals surface area contributed by atoms with Gasteiger partial charge in [-0.1, -0.05) is 18.3 Å². The summed E-state index contributed by atoms with van der Waals surface area (Å²) in [5.74, 6) is -0.337.